The molecular formula is C11H15F3N2OS2. The molecule has 1 atom stereocenters. The predicted molar refractivity (Wildman–Crippen MR) is 71.4 cm³/mol. The summed E-state index contributed by atoms with van der Waals surface area (Å²) in [5.74, 6) is 0.542. The molecule has 0 fully saturated rings. The zero-order chi connectivity index (χ0) is 14.5. The number of halogens is 3. The summed E-state index contributed by atoms with van der Waals surface area (Å²) in [6.45, 7) is 2.12. The van der Waals surface area contributed by atoms with E-state index in [9.17, 15) is 18.0 Å². The quantitative estimate of drug-likeness (QED) is 0.878. The molecule has 1 amide bonds. The van der Waals surface area contributed by atoms with Gasteiger partial charge in [0, 0.05) is 30.0 Å². The maximum absolute atomic E-state index is 12.3. The van der Waals surface area contributed by atoms with Crippen LogP contribution in [-0.2, 0) is 17.4 Å². The van der Waals surface area contributed by atoms with E-state index >= 15 is 0 Å². The molecule has 0 radical (unpaired) electrons. The van der Waals surface area contributed by atoms with E-state index in [2.05, 4.69) is 10.3 Å². The molecule has 108 valence electrons. The van der Waals surface area contributed by atoms with Crippen LogP contribution >= 0.6 is 23.1 Å². The fourth-order valence-electron chi connectivity index (χ4n) is 1.35. The van der Waals surface area contributed by atoms with Crippen molar-refractivity contribution in [1.82, 2.24) is 10.3 Å². The van der Waals surface area contributed by atoms with Crippen molar-refractivity contribution >= 4 is 29.0 Å². The van der Waals surface area contributed by atoms with Gasteiger partial charge in [0.1, 0.15) is 0 Å². The number of amides is 1. The summed E-state index contributed by atoms with van der Waals surface area (Å²) < 4.78 is 36.9. The van der Waals surface area contributed by atoms with Gasteiger partial charge in [-0.05, 0) is 6.26 Å². The summed E-state index contributed by atoms with van der Waals surface area (Å²) in [6, 6.07) is 0. The van der Waals surface area contributed by atoms with E-state index in [0.717, 1.165) is 22.5 Å². The van der Waals surface area contributed by atoms with Gasteiger partial charge in [-0.25, -0.2) is 4.98 Å². The van der Waals surface area contributed by atoms with Crippen LogP contribution in [-0.4, -0.2) is 29.4 Å². The van der Waals surface area contributed by atoms with Crippen molar-refractivity contribution in [2.75, 3.05) is 18.6 Å². The Labute approximate surface area is 118 Å². The van der Waals surface area contributed by atoms with Crippen LogP contribution in [0, 0.1) is 5.92 Å². The van der Waals surface area contributed by atoms with Crippen LogP contribution in [0.3, 0.4) is 0 Å². The molecule has 0 bridgehead atoms. The number of thiazole rings is 1. The molecule has 0 aliphatic rings. The Morgan fingerprint density at radius 1 is 1.58 bits per heavy atom. The second-order valence-corrected chi connectivity index (χ2v) is 5.87. The Kier molecular flexibility index (Phi) is 6.12. The summed E-state index contributed by atoms with van der Waals surface area (Å²) in [5.41, 5.74) is -0.866. The molecule has 0 spiro atoms. The molecule has 19 heavy (non-hydrogen) atoms. The SMILES string of the molecule is CSCC(C)C(=O)NCCc1nc(C(F)(F)F)cs1. The molecule has 1 aromatic rings. The van der Waals surface area contributed by atoms with Crippen molar-refractivity contribution in [2.24, 2.45) is 5.92 Å². The molecule has 3 nitrogen and oxygen atoms in total. The van der Waals surface area contributed by atoms with Gasteiger partial charge in [-0.1, -0.05) is 6.92 Å². The zero-order valence-electron chi connectivity index (χ0n) is 10.6. The molecule has 1 rings (SSSR count). The number of hydrogen-bond acceptors (Lipinski definition) is 4. The lowest BCUT2D eigenvalue weighted by Crippen LogP contribution is -2.31. The standard InChI is InChI=1S/C11H15F3N2OS2/c1-7(5-18-2)10(17)15-4-3-9-16-8(6-19-9)11(12,13)14/h6-7H,3-5H2,1-2H3,(H,15,17). The lowest BCUT2D eigenvalue weighted by atomic mass is 10.2. The molecule has 0 aliphatic heterocycles. The highest BCUT2D eigenvalue weighted by Crippen LogP contribution is 2.29. The molecule has 1 unspecified atom stereocenters. The van der Waals surface area contributed by atoms with Crippen LogP contribution in [0.5, 0.6) is 0 Å². The van der Waals surface area contributed by atoms with Gasteiger partial charge in [0.15, 0.2) is 5.69 Å². The number of carbonyl (C=O) groups excluding carboxylic acids is 1. The average Bonchev–Trinajstić information content (AvgIpc) is 2.77. The first-order valence-electron chi connectivity index (χ1n) is 5.63. The first kappa shape index (κ1) is 16.3. The van der Waals surface area contributed by atoms with Gasteiger partial charge < -0.3 is 5.32 Å². The van der Waals surface area contributed by atoms with Crippen molar-refractivity contribution < 1.29 is 18.0 Å². The first-order valence-corrected chi connectivity index (χ1v) is 7.90. The lowest BCUT2D eigenvalue weighted by molar-refractivity contribution is -0.140. The minimum atomic E-state index is -4.40. The van der Waals surface area contributed by atoms with Crippen molar-refractivity contribution in [3.05, 3.63) is 16.1 Å². The van der Waals surface area contributed by atoms with Crippen LogP contribution in [0.15, 0.2) is 5.38 Å². The number of nitrogens with zero attached hydrogens (tertiary/aromatic N) is 1. The average molecular weight is 312 g/mol. The zero-order valence-corrected chi connectivity index (χ0v) is 12.2. The van der Waals surface area contributed by atoms with Crippen LogP contribution in [0.25, 0.3) is 0 Å². The highest BCUT2D eigenvalue weighted by atomic mass is 32.2. The van der Waals surface area contributed by atoms with E-state index in [1.807, 2.05) is 13.2 Å². The van der Waals surface area contributed by atoms with Gasteiger partial charge in [-0.15, -0.1) is 11.3 Å². The molecule has 0 aliphatic carbocycles. The number of hydrogen-bond donors (Lipinski definition) is 1. The van der Waals surface area contributed by atoms with Gasteiger partial charge in [-0.3, -0.25) is 4.79 Å². The van der Waals surface area contributed by atoms with E-state index in [1.165, 1.54) is 0 Å². The third-order valence-corrected chi connectivity index (χ3v) is 4.09. The fourth-order valence-corrected chi connectivity index (χ4v) is 2.80. The van der Waals surface area contributed by atoms with Crippen molar-refractivity contribution in [2.45, 2.75) is 19.5 Å². The van der Waals surface area contributed by atoms with Crippen molar-refractivity contribution in [3.63, 3.8) is 0 Å². The molecule has 1 N–H and O–H groups in total. The summed E-state index contributed by atoms with van der Waals surface area (Å²) >= 11 is 2.54. The third-order valence-electron chi connectivity index (χ3n) is 2.34. The molecular weight excluding hydrogens is 297 g/mol. The Hall–Kier alpha value is -0.760. The minimum absolute atomic E-state index is 0.0815. The molecule has 0 aromatic carbocycles. The van der Waals surface area contributed by atoms with Gasteiger partial charge in [0.25, 0.3) is 0 Å². The normalized spacial score (nSPS) is 13.3. The summed E-state index contributed by atoms with van der Waals surface area (Å²) in [4.78, 5) is 15.1. The van der Waals surface area contributed by atoms with E-state index in [4.69, 9.17) is 0 Å². The molecule has 0 saturated heterocycles. The van der Waals surface area contributed by atoms with E-state index in [0.29, 0.717) is 18.0 Å². The molecule has 0 saturated carbocycles. The monoisotopic (exact) mass is 312 g/mol. The first-order chi connectivity index (χ1) is 8.84. The van der Waals surface area contributed by atoms with Gasteiger partial charge in [0.05, 0.1) is 5.01 Å². The largest absolute Gasteiger partial charge is 0.434 e. The number of thioether (sulfide) groups is 1. The predicted octanol–water partition coefficient (Wildman–Crippen LogP) is 2.82. The maximum Gasteiger partial charge on any atom is 0.434 e. The van der Waals surface area contributed by atoms with E-state index in [1.54, 1.807) is 11.8 Å². The number of rotatable bonds is 6. The van der Waals surface area contributed by atoms with Crippen LogP contribution < -0.4 is 5.32 Å². The lowest BCUT2D eigenvalue weighted by Gasteiger charge is -2.09. The Bertz CT molecular complexity index is 420. The molecule has 1 aromatic heterocycles. The summed E-state index contributed by atoms with van der Waals surface area (Å²) in [7, 11) is 0. The highest BCUT2D eigenvalue weighted by Gasteiger charge is 2.33. The van der Waals surface area contributed by atoms with Gasteiger partial charge >= 0.3 is 6.18 Å². The van der Waals surface area contributed by atoms with E-state index < -0.39 is 11.9 Å². The van der Waals surface area contributed by atoms with E-state index in [-0.39, 0.29) is 11.8 Å². The maximum atomic E-state index is 12.3. The van der Waals surface area contributed by atoms with Gasteiger partial charge in [-0.2, -0.15) is 24.9 Å². The Morgan fingerprint density at radius 3 is 2.79 bits per heavy atom. The van der Waals surface area contributed by atoms with Crippen LogP contribution in [0.1, 0.15) is 17.6 Å². The number of alkyl halides is 3. The minimum Gasteiger partial charge on any atom is -0.355 e. The second-order valence-electron chi connectivity index (χ2n) is 4.02. The number of nitrogens with one attached hydrogen (secondary N) is 1. The summed E-state index contributed by atoms with van der Waals surface area (Å²) in [5, 5.41) is 4.07. The van der Waals surface area contributed by atoms with Crippen LogP contribution in [0.2, 0.25) is 0 Å². The topological polar surface area (TPSA) is 42.0 Å². The molecule has 8 heteroatoms. The third kappa shape index (κ3) is 5.40. The smallest absolute Gasteiger partial charge is 0.355 e. The highest BCUT2D eigenvalue weighted by molar-refractivity contribution is 7.98. The van der Waals surface area contributed by atoms with Crippen LogP contribution in [0.4, 0.5) is 13.2 Å². The number of carbonyl (C=O) groups is 1. The van der Waals surface area contributed by atoms with Gasteiger partial charge in [0.2, 0.25) is 5.91 Å². The van der Waals surface area contributed by atoms with Crippen molar-refractivity contribution in [3.8, 4) is 0 Å². The molecule has 1 heterocycles. The second kappa shape index (κ2) is 7.14. The fraction of sp³-hybridized carbons (Fsp3) is 0.636. The van der Waals surface area contributed by atoms with Crippen molar-refractivity contribution in [1.29, 1.82) is 0 Å². The summed E-state index contributed by atoms with van der Waals surface area (Å²) in [6.07, 6.45) is -2.17. The Morgan fingerprint density at radius 2 is 2.26 bits per heavy atom. The number of aromatic nitrogens is 1. The Balaban J connectivity index is 2.37.